The number of carbonyl (C=O) groups is 1. The third kappa shape index (κ3) is 4.28. The number of para-hydroxylation sites is 2. The third-order valence-corrected chi connectivity index (χ3v) is 5.84. The van der Waals surface area contributed by atoms with Crippen molar-refractivity contribution in [1.82, 2.24) is 9.88 Å². The highest BCUT2D eigenvalue weighted by Crippen LogP contribution is 2.30. The van der Waals surface area contributed by atoms with E-state index < -0.39 is 0 Å². The van der Waals surface area contributed by atoms with Crippen LogP contribution in [0.1, 0.15) is 11.1 Å². The number of ether oxygens (including phenoxy) is 1. The van der Waals surface area contributed by atoms with Crippen LogP contribution in [0.5, 0.6) is 5.75 Å². The predicted octanol–water partition coefficient (Wildman–Crippen LogP) is 4.94. The molecule has 1 N–H and O–H groups in total. The molecule has 29 heavy (non-hydrogen) atoms. The highest BCUT2D eigenvalue weighted by molar-refractivity contribution is 8.26. The van der Waals surface area contributed by atoms with E-state index in [0.717, 1.165) is 34.2 Å². The lowest BCUT2D eigenvalue weighted by molar-refractivity contribution is -0.115. The summed E-state index contributed by atoms with van der Waals surface area (Å²) in [5, 5.41) is 3.76. The Morgan fingerprint density at radius 2 is 1.97 bits per heavy atom. The smallest absolute Gasteiger partial charge is 0.263 e. The van der Waals surface area contributed by atoms with Crippen LogP contribution in [0.2, 0.25) is 0 Å². The number of benzene rings is 2. The molecule has 4 rings (SSSR count). The van der Waals surface area contributed by atoms with Gasteiger partial charge in [-0.25, -0.2) is 0 Å². The molecule has 4 nitrogen and oxygen atoms in total. The van der Waals surface area contributed by atoms with E-state index in [0.29, 0.717) is 22.4 Å². The molecule has 6 heteroatoms. The van der Waals surface area contributed by atoms with Gasteiger partial charge in [0.1, 0.15) is 16.7 Å². The first kappa shape index (κ1) is 19.5. The van der Waals surface area contributed by atoms with Crippen LogP contribution in [0, 0.1) is 0 Å². The minimum absolute atomic E-state index is 0.140. The summed E-state index contributed by atoms with van der Waals surface area (Å²) in [6.07, 6.45) is 6.62. The summed E-state index contributed by atoms with van der Waals surface area (Å²) in [6, 6.07) is 16.2. The van der Waals surface area contributed by atoms with E-state index in [2.05, 4.69) is 40.9 Å². The van der Waals surface area contributed by atoms with E-state index in [9.17, 15) is 4.79 Å². The van der Waals surface area contributed by atoms with Crippen molar-refractivity contribution in [2.24, 2.45) is 0 Å². The van der Waals surface area contributed by atoms with Gasteiger partial charge >= 0.3 is 0 Å². The second kappa shape index (κ2) is 8.68. The van der Waals surface area contributed by atoms with Crippen molar-refractivity contribution in [2.45, 2.75) is 13.0 Å². The molecule has 2 aromatic carbocycles. The Morgan fingerprint density at radius 1 is 1.17 bits per heavy atom. The van der Waals surface area contributed by atoms with Crippen LogP contribution >= 0.6 is 24.0 Å². The number of nitrogens with one attached hydrogen (secondary N) is 1. The van der Waals surface area contributed by atoms with Gasteiger partial charge < -0.3 is 14.6 Å². The van der Waals surface area contributed by atoms with Crippen LogP contribution in [-0.2, 0) is 17.8 Å². The molecule has 0 radical (unpaired) electrons. The Morgan fingerprint density at radius 3 is 2.76 bits per heavy atom. The number of amides is 1. The van der Waals surface area contributed by atoms with Crippen molar-refractivity contribution in [2.75, 3.05) is 6.61 Å². The van der Waals surface area contributed by atoms with Crippen molar-refractivity contribution >= 4 is 51.2 Å². The van der Waals surface area contributed by atoms with E-state index in [4.69, 9.17) is 17.0 Å². The predicted molar refractivity (Wildman–Crippen MR) is 124 cm³/mol. The standard InChI is InChI=1S/C23H20N2O2S2/c1-2-7-16-8-3-6-11-20(16)27-13-12-25-15-17(18-9-4-5-10-19(18)25)14-21-22(26)24-23(28)29-21/h2-6,8-11,14-15H,1,7,12-13H2,(H,24,26,28)/b21-14-. The molecule has 0 saturated carbocycles. The van der Waals surface area contributed by atoms with Gasteiger partial charge in [0.25, 0.3) is 5.91 Å². The van der Waals surface area contributed by atoms with Crippen LogP contribution in [0.15, 0.2) is 72.3 Å². The van der Waals surface area contributed by atoms with Crippen molar-refractivity contribution < 1.29 is 9.53 Å². The molecule has 146 valence electrons. The Kier molecular flexibility index (Phi) is 5.83. The molecule has 0 atom stereocenters. The number of thioether (sulfide) groups is 1. The number of nitrogens with zero attached hydrogens (tertiary/aromatic N) is 1. The zero-order valence-electron chi connectivity index (χ0n) is 15.8. The molecule has 1 aromatic heterocycles. The molecule has 0 spiro atoms. The molecule has 1 amide bonds. The minimum atomic E-state index is -0.140. The van der Waals surface area contributed by atoms with Gasteiger partial charge in [0.15, 0.2) is 0 Å². The number of thiocarbonyl (C=S) groups is 1. The lowest BCUT2D eigenvalue weighted by Gasteiger charge is -2.11. The average molecular weight is 421 g/mol. The molecule has 0 bridgehead atoms. The quantitative estimate of drug-likeness (QED) is 0.334. The van der Waals surface area contributed by atoms with E-state index in [1.165, 1.54) is 11.8 Å². The summed E-state index contributed by atoms with van der Waals surface area (Å²) in [6.45, 7) is 5.05. The highest BCUT2D eigenvalue weighted by Gasteiger charge is 2.22. The van der Waals surface area contributed by atoms with Crippen LogP contribution in [-0.4, -0.2) is 21.4 Å². The molecule has 1 aliphatic heterocycles. The van der Waals surface area contributed by atoms with Crippen molar-refractivity contribution in [3.05, 3.63) is 83.4 Å². The first-order chi connectivity index (χ1) is 14.2. The van der Waals surface area contributed by atoms with Crippen molar-refractivity contribution in [1.29, 1.82) is 0 Å². The number of fused-ring (bicyclic) bond motifs is 1. The van der Waals surface area contributed by atoms with Gasteiger partial charge in [-0.2, -0.15) is 0 Å². The fraction of sp³-hybridized carbons (Fsp3) is 0.130. The summed E-state index contributed by atoms with van der Waals surface area (Å²) < 4.78 is 8.70. The summed E-state index contributed by atoms with van der Waals surface area (Å²) in [5.74, 6) is 0.748. The zero-order chi connectivity index (χ0) is 20.2. The molecule has 0 unspecified atom stereocenters. The molecular formula is C23H20N2O2S2. The number of carbonyl (C=O) groups excluding carboxylic acids is 1. The molecular weight excluding hydrogens is 400 g/mol. The van der Waals surface area contributed by atoms with Crippen LogP contribution in [0.4, 0.5) is 0 Å². The molecule has 1 fully saturated rings. The zero-order valence-corrected chi connectivity index (χ0v) is 17.4. The molecule has 2 heterocycles. The summed E-state index contributed by atoms with van der Waals surface area (Å²) in [7, 11) is 0. The van der Waals surface area contributed by atoms with Gasteiger partial charge in [-0.15, -0.1) is 6.58 Å². The number of hydrogen-bond acceptors (Lipinski definition) is 4. The lowest BCUT2D eigenvalue weighted by Crippen LogP contribution is -2.17. The van der Waals surface area contributed by atoms with E-state index in [1.54, 1.807) is 0 Å². The molecule has 1 aliphatic rings. The SMILES string of the molecule is C=CCc1ccccc1OCCn1cc(/C=C2\SC(=S)NC2=O)c2ccccc21. The minimum Gasteiger partial charge on any atom is -0.491 e. The average Bonchev–Trinajstić information content (AvgIpc) is 3.23. The number of hydrogen-bond donors (Lipinski definition) is 1. The van der Waals surface area contributed by atoms with Crippen molar-refractivity contribution in [3.8, 4) is 5.75 Å². The highest BCUT2D eigenvalue weighted by atomic mass is 32.2. The fourth-order valence-corrected chi connectivity index (χ4v) is 4.40. The van der Waals surface area contributed by atoms with E-state index >= 15 is 0 Å². The maximum absolute atomic E-state index is 12.0. The number of allylic oxidation sites excluding steroid dienone is 1. The normalized spacial score (nSPS) is 15.1. The van der Waals surface area contributed by atoms with Crippen LogP contribution in [0.25, 0.3) is 17.0 Å². The molecule has 3 aromatic rings. The first-order valence-corrected chi connectivity index (χ1v) is 10.5. The summed E-state index contributed by atoms with van der Waals surface area (Å²) in [4.78, 5) is 12.6. The van der Waals surface area contributed by atoms with Crippen molar-refractivity contribution in [3.63, 3.8) is 0 Å². The lowest BCUT2D eigenvalue weighted by atomic mass is 10.1. The van der Waals surface area contributed by atoms with E-state index in [1.807, 2.05) is 42.5 Å². The number of aromatic nitrogens is 1. The van der Waals surface area contributed by atoms with Gasteiger partial charge in [-0.1, -0.05) is 66.5 Å². The number of rotatable bonds is 7. The van der Waals surface area contributed by atoms with Gasteiger partial charge in [-0.05, 0) is 30.2 Å². The topological polar surface area (TPSA) is 43.3 Å². The van der Waals surface area contributed by atoms with Gasteiger partial charge in [0, 0.05) is 22.7 Å². The maximum Gasteiger partial charge on any atom is 0.263 e. The van der Waals surface area contributed by atoms with Crippen LogP contribution in [0.3, 0.4) is 0 Å². The van der Waals surface area contributed by atoms with Gasteiger partial charge in [0.05, 0.1) is 11.4 Å². The monoisotopic (exact) mass is 420 g/mol. The second-order valence-corrected chi connectivity index (χ2v) is 8.32. The Balaban J connectivity index is 1.56. The summed E-state index contributed by atoms with van der Waals surface area (Å²) in [5.41, 5.74) is 3.23. The van der Waals surface area contributed by atoms with Crippen LogP contribution < -0.4 is 10.1 Å². The Labute approximate surface area is 179 Å². The largest absolute Gasteiger partial charge is 0.491 e. The Bertz CT molecular complexity index is 1130. The van der Waals surface area contributed by atoms with E-state index in [-0.39, 0.29) is 5.91 Å². The van der Waals surface area contributed by atoms with Gasteiger partial charge in [-0.3, -0.25) is 4.79 Å². The summed E-state index contributed by atoms with van der Waals surface area (Å²) >= 11 is 6.38. The molecule has 1 saturated heterocycles. The van der Waals surface area contributed by atoms with Gasteiger partial charge in [0.2, 0.25) is 0 Å². The Hall–Kier alpha value is -2.83. The fourth-order valence-electron chi connectivity index (χ4n) is 3.36. The third-order valence-electron chi connectivity index (χ3n) is 4.67. The second-order valence-electron chi connectivity index (χ2n) is 6.60. The molecule has 0 aliphatic carbocycles. The maximum atomic E-state index is 12.0. The first-order valence-electron chi connectivity index (χ1n) is 9.30.